The van der Waals surface area contributed by atoms with E-state index < -0.39 is 0 Å². The number of hydrogen-bond donors (Lipinski definition) is 1. The number of aromatic nitrogens is 1. The topological polar surface area (TPSA) is 82.2 Å². The maximum Gasteiger partial charge on any atom is 0.219 e. The summed E-state index contributed by atoms with van der Waals surface area (Å²) in [7, 11) is 3.17. The summed E-state index contributed by atoms with van der Waals surface area (Å²) in [6.45, 7) is 2.47. The van der Waals surface area contributed by atoms with Gasteiger partial charge in [-0.15, -0.1) is 24.0 Å². The van der Waals surface area contributed by atoms with E-state index >= 15 is 0 Å². The van der Waals surface area contributed by atoms with Crippen LogP contribution in [0.3, 0.4) is 0 Å². The molecule has 0 bridgehead atoms. The Bertz CT molecular complexity index is 755. The third-order valence-electron chi connectivity index (χ3n) is 4.49. The largest absolute Gasteiger partial charge is 0.493 e. The molecule has 0 atom stereocenters. The van der Waals surface area contributed by atoms with Gasteiger partial charge >= 0.3 is 0 Å². The van der Waals surface area contributed by atoms with Gasteiger partial charge in [-0.05, 0) is 37.0 Å². The molecule has 2 aromatic rings. The van der Waals surface area contributed by atoms with Gasteiger partial charge in [0.05, 0.1) is 20.8 Å². The summed E-state index contributed by atoms with van der Waals surface area (Å²) in [6.07, 6.45) is 5.36. The molecular weight excluding hydrogens is 471 g/mol. The molecule has 7 nitrogen and oxygen atoms in total. The molecule has 0 radical (unpaired) electrons. The summed E-state index contributed by atoms with van der Waals surface area (Å²) in [5.74, 6) is 2.72. The van der Waals surface area contributed by atoms with E-state index in [1.165, 1.54) is 19.3 Å². The molecule has 0 aliphatic carbocycles. The van der Waals surface area contributed by atoms with Gasteiger partial charge in [-0.1, -0.05) is 12.1 Å². The second-order valence-electron chi connectivity index (χ2n) is 6.32. The van der Waals surface area contributed by atoms with Crippen molar-refractivity contribution in [2.75, 3.05) is 27.3 Å². The van der Waals surface area contributed by atoms with Crippen molar-refractivity contribution >= 4 is 29.9 Å². The molecule has 1 saturated heterocycles. The van der Waals surface area contributed by atoms with Gasteiger partial charge in [0.25, 0.3) is 0 Å². The third kappa shape index (κ3) is 5.63. The fourth-order valence-electron chi connectivity index (χ4n) is 2.98. The molecule has 1 aromatic heterocycles. The molecule has 1 aromatic carbocycles. The van der Waals surface area contributed by atoms with Crippen LogP contribution in [0.4, 0.5) is 0 Å². The summed E-state index contributed by atoms with van der Waals surface area (Å²) in [5, 5.41) is 0. The van der Waals surface area contributed by atoms with Gasteiger partial charge < -0.3 is 24.8 Å². The number of para-hydroxylation sites is 1. The summed E-state index contributed by atoms with van der Waals surface area (Å²) >= 11 is 0. The highest BCUT2D eigenvalue weighted by molar-refractivity contribution is 14.0. The Kier molecular flexibility index (Phi) is 8.62. The standard InChI is InChI=1S/C20H26N4O3.HI/c1-25-16-7-6-8-17(26-2)19(16)27-18-10-9-15(13-22-18)14-23-20(21)24-11-4-3-5-12-24;/h6-10,13H,3-5,11-12,14H2,1-2H3,(H2,21,23);1H. The maximum absolute atomic E-state index is 6.10. The summed E-state index contributed by atoms with van der Waals surface area (Å²) in [6, 6.07) is 9.19. The molecule has 3 rings (SSSR count). The zero-order valence-electron chi connectivity index (χ0n) is 16.3. The van der Waals surface area contributed by atoms with E-state index in [1.54, 1.807) is 26.5 Å². The highest BCUT2D eigenvalue weighted by Crippen LogP contribution is 2.39. The fraction of sp³-hybridized carbons (Fsp3) is 0.400. The Morgan fingerprint density at radius 1 is 1.07 bits per heavy atom. The molecule has 8 heteroatoms. The number of rotatable bonds is 6. The minimum absolute atomic E-state index is 0. The highest BCUT2D eigenvalue weighted by Gasteiger charge is 2.13. The van der Waals surface area contributed by atoms with Crippen molar-refractivity contribution < 1.29 is 14.2 Å². The van der Waals surface area contributed by atoms with Crippen molar-refractivity contribution in [1.82, 2.24) is 9.88 Å². The number of methoxy groups -OCH3 is 2. The Morgan fingerprint density at radius 2 is 1.75 bits per heavy atom. The van der Waals surface area contributed by atoms with Gasteiger partial charge in [0.1, 0.15) is 0 Å². The quantitative estimate of drug-likeness (QED) is 0.371. The zero-order valence-corrected chi connectivity index (χ0v) is 18.6. The van der Waals surface area contributed by atoms with Crippen LogP contribution in [-0.4, -0.2) is 43.2 Å². The first-order valence-electron chi connectivity index (χ1n) is 9.10. The first kappa shape index (κ1) is 22.1. The summed E-state index contributed by atoms with van der Waals surface area (Å²) < 4.78 is 16.5. The Hall–Kier alpha value is -2.23. The number of nitrogens with zero attached hydrogens (tertiary/aromatic N) is 3. The first-order valence-corrected chi connectivity index (χ1v) is 9.10. The molecule has 28 heavy (non-hydrogen) atoms. The molecule has 1 aliphatic rings. The minimum atomic E-state index is 0. The lowest BCUT2D eigenvalue weighted by Gasteiger charge is -2.27. The van der Waals surface area contributed by atoms with Crippen molar-refractivity contribution in [2.45, 2.75) is 25.8 Å². The highest BCUT2D eigenvalue weighted by atomic mass is 127. The van der Waals surface area contributed by atoms with Gasteiger partial charge in [0, 0.05) is 25.4 Å². The van der Waals surface area contributed by atoms with Crippen molar-refractivity contribution in [3.63, 3.8) is 0 Å². The molecule has 0 spiro atoms. The number of likely N-dealkylation sites (tertiary alicyclic amines) is 1. The number of hydrogen-bond acceptors (Lipinski definition) is 5. The van der Waals surface area contributed by atoms with Crippen LogP contribution < -0.4 is 19.9 Å². The normalized spacial score (nSPS) is 14.2. The molecular formula is C20H27IN4O3. The van der Waals surface area contributed by atoms with E-state index in [0.29, 0.717) is 35.6 Å². The molecule has 2 N–H and O–H groups in total. The third-order valence-corrected chi connectivity index (χ3v) is 4.49. The lowest BCUT2D eigenvalue weighted by atomic mass is 10.1. The van der Waals surface area contributed by atoms with Crippen molar-refractivity contribution in [3.8, 4) is 23.1 Å². The Morgan fingerprint density at radius 3 is 2.32 bits per heavy atom. The van der Waals surface area contributed by atoms with Gasteiger partial charge in [-0.2, -0.15) is 0 Å². The van der Waals surface area contributed by atoms with Crippen LogP contribution in [0, 0.1) is 0 Å². The van der Waals surface area contributed by atoms with E-state index in [2.05, 4.69) is 14.9 Å². The Balaban J connectivity index is 0.00000280. The molecule has 0 unspecified atom stereocenters. The van der Waals surface area contributed by atoms with Crippen molar-refractivity contribution in [2.24, 2.45) is 10.7 Å². The number of benzene rings is 1. The zero-order chi connectivity index (χ0) is 19.1. The van der Waals surface area contributed by atoms with Crippen LogP contribution in [0.2, 0.25) is 0 Å². The number of aliphatic imine (C=N–C) groups is 1. The second-order valence-corrected chi connectivity index (χ2v) is 6.32. The SMILES string of the molecule is COc1cccc(OC)c1Oc1ccc(CN=C(N)N2CCCCC2)cn1.I. The van der Waals surface area contributed by atoms with Crippen LogP contribution >= 0.6 is 24.0 Å². The summed E-state index contributed by atoms with van der Waals surface area (Å²) in [4.78, 5) is 11.0. The monoisotopic (exact) mass is 498 g/mol. The van der Waals surface area contributed by atoms with Crippen molar-refractivity contribution in [1.29, 1.82) is 0 Å². The van der Waals surface area contributed by atoms with Crippen LogP contribution in [0.15, 0.2) is 41.5 Å². The van der Waals surface area contributed by atoms with E-state index in [4.69, 9.17) is 19.9 Å². The molecule has 0 amide bonds. The molecule has 0 saturated carbocycles. The predicted octanol–water partition coefficient (Wildman–Crippen LogP) is 3.81. The van der Waals surface area contributed by atoms with E-state index in [-0.39, 0.29) is 24.0 Å². The number of ether oxygens (including phenoxy) is 3. The molecule has 1 aliphatic heterocycles. The van der Waals surface area contributed by atoms with E-state index in [0.717, 1.165) is 18.7 Å². The van der Waals surface area contributed by atoms with E-state index in [9.17, 15) is 0 Å². The number of piperidine rings is 1. The molecule has 152 valence electrons. The average molecular weight is 498 g/mol. The maximum atomic E-state index is 6.10. The number of nitrogens with two attached hydrogens (primary N) is 1. The first-order chi connectivity index (χ1) is 13.2. The van der Waals surface area contributed by atoms with Gasteiger partial charge in [0.2, 0.25) is 11.6 Å². The molecule has 2 heterocycles. The number of halogens is 1. The smallest absolute Gasteiger partial charge is 0.219 e. The number of guanidine groups is 1. The van der Waals surface area contributed by atoms with Crippen LogP contribution in [-0.2, 0) is 6.54 Å². The lowest BCUT2D eigenvalue weighted by molar-refractivity contribution is 0.338. The fourth-order valence-corrected chi connectivity index (χ4v) is 2.98. The van der Waals surface area contributed by atoms with Gasteiger partial charge in [-0.25, -0.2) is 9.98 Å². The van der Waals surface area contributed by atoms with Crippen LogP contribution in [0.5, 0.6) is 23.1 Å². The van der Waals surface area contributed by atoms with Crippen LogP contribution in [0.1, 0.15) is 24.8 Å². The average Bonchev–Trinajstić information content (AvgIpc) is 2.73. The molecule has 1 fully saturated rings. The second kappa shape index (κ2) is 10.9. The van der Waals surface area contributed by atoms with Crippen LogP contribution in [0.25, 0.3) is 0 Å². The van der Waals surface area contributed by atoms with Crippen molar-refractivity contribution in [3.05, 3.63) is 42.1 Å². The minimum Gasteiger partial charge on any atom is -0.493 e. The van der Waals surface area contributed by atoms with E-state index in [1.807, 2.05) is 24.3 Å². The predicted molar refractivity (Wildman–Crippen MR) is 120 cm³/mol. The summed E-state index contributed by atoms with van der Waals surface area (Å²) in [5.41, 5.74) is 7.06. The number of pyridine rings is 1. The Labute approximate surface area is 182 Å². The lowest BCUT2D eigenvalue weighted by Crippen LogP contribution is -2.40. The van der Waals surface area contributed by atoms with Gasteiger partial charge in [-0.3, -0.25) is 0 Å². The van der Waals surface area contributed by atoms with Gasteiger partial charge in [0.15, 0.2) is 17.5 Å².